The van der Waals surface area contributed by atoms with Crippen molar-refractivity contribution in [1.29, 1.82) is 0 Å². The zero-order chi connectivity index (χ0) is 32.5. The molecule has 0 aliphatic heterocycles. The van der Waals surface area contributed by atoms with Gasteiger partial charge in [-0.05, 0) is 73.0 Å². The van der Waals surface area contributed by atoms with Crippen LogP contribution in [-0.2, 0) is 4.79 Å². The topological polar surface area (TPSA) is 69.7 Å². The van der Waals surface area contributed by atoms with E-state index in [9.17, 15) is 14.4 Å². The Morgan fingerprint density at radius 1 is 0.652 bits per heavy atom. The first kappa shape index (κ1) is 33.6. The molecule has 0 N–H and O–H groups in total. The van der Waals surface area contributed by atoms with Crippen LogP contribution in [0.1, 0.15) is 97.6 Å². The summed E-state index contributed by atoms with van der Waals surface area (Å²) < 4.78 is 11.4. The van der Waals surface area contributed by atoms with Gasteiger partial charge in [0.2, 0.25) is 0 Å². The molecule has 0 aromatic heterocycles. The van der Waals surface area contributed by atoms with Crippen molar-refractivity contribution in [3.8, 4) is 11.5 Å². The van der Waals surface area contributed by atoms with Gasteiger partial charge in [0.05, 0.1) is 6.61 Å². The van der Waals surface area contributed by atoms with Crippen molar-refractivity contribution in [2.24, 2.45) is 5.92 Å². The number of carbonyl (C=O) groups is 3. The smallest absolute Gasteiger partial charge is 0.311 e. The summed E-state index contributed by atoms with van der Waals surface area (Å²) in [6.45, 7) is 6.87. The minimum Gasteiger partial charge on any atom is -0.494 e. The van der Waals surface area contributed by atoms with Gasteiger partial charge in [-0.3, -0.25) is 14.4 Å². The van der Waals surface area contributed by atoms with Gasteiger partial charge in [0.15, 0.2) is 11.6 Å². The summed E-state index contributed by atoms with van der Waals surface area (Å²) in [5, 5.41) is 0. The fourth-order valence-electron chi connectivity index (χ4n) is 5.36. The van der Waals surface area contributed by atoms with Crippen LogP contribution in [0.2, 0.25) is 0 Å². The fraction of sp³-hybridized carbons (Fsp3) is 0.308. The van der Waals surface area contributed by atoms with Gasteiger partial charge >= 0.3 is 5.97 Å². The van der Waals surface area contributed by atoms with E-state index in [0.29, 0.717) is 45.9 Å². The summed E-state index contributed by atoms with van der Waals surface area (Å²) in [5.41, 5.74) is 1.70. The third-order valence-corrected chi connectivity index (χ3v) is 9.81. The van der Waals surface area contributed by atoms with Crippen molar-refractivity contribution < 1.29 is 23.9 Å². The molecular formula is C39H40O5S2. The average Bonchev–Trinajstić information content (AvgIpc) is 3.04. The molecule has 4 aromatic carbocycles. The monoisotopic (exact) mass is 652 g/mol. The number of esters is 1. The summed E-state index contributed by atoms with van der Waals surface area (Å²) in [5.74, 6) is 0.954. The molecule has 1 aliphatic carbocycles. The van der Waals surface area contributed by atoms with Crippen LogP contribution in [0.5, 0.6) is 11.5 Å². The van der Waals surface area contributed by atoms with Crippen molar-refractivity contribution in [1.82, 2.24) is 0 Å². The van der Waals surface area contributed by atoms with Gasteiger partial charge in [-0.2, -0.15) is 0 Å². The van der Waals surface area contributed by atoms with Gasteiger partial charge in [0.25, 0.3) is 0 Å². The maximum absolute atomic E-state index is 13.9. The van der Waals surface area contributed by atoms with Crippen molar-refractivity contribution in [3.63, 3.8) is 0 Å². The van der Waals surface area contributed by atoms with Gasteiger partial charge in [-0.1, -0.05) is 101 Å². The van der Waals surface area contributed by atoms with Gasteiger partial charge < -0.3 is 9.47 Å². The van der Waals surface area contributed by atoms with Gasteiger partial charge in [-0.15, -0.1) is 0 Å². The number of hydrogen-bond donors (Lipinski definition) is 0. The lowest BCUT2D eigenvalue weighted by molar-refractivity contribution is -0.135. The van der Waals surface area contributed by atoms with Crippen molar-refractivity contribution in [2.75, 3.05) is 6.61 Å². The van der Waals surface area contributed by atoms with E-state index in [1.807, 2.05) is 74.5 Å². The van der Waals surface area contributed by atoms with Crippen molar-refractivity contribution >= 4 is 41.1 Å². The van der Waals surface area contributed by atoms with Gasteiger partial charge in [0, 0.05) is 48.3 Å². The molecule has 0 heterocycles. The molecule has 238 valence electrons. The summed E-state index contributed by atoms with van der Waals surface area (Å²) in [4.78, 5) is 43.2. The lowest BCUT2D eigenvalue weighted by atomic mass is 9.84. The maximum Gasteiger partial charge on any atom is 0.311 e. The predicted molar refractivity (Wildman–Crippen MR) is 185 cm³/mol. The van der Waals surface area contributed by atoms with E-state index < -0.39 is 0 Å². The van der Waals surface area contributed by atoms with Crippen LogP contribution in [-0.4, -0.2) is 24.1 Å². The quantitative estimate of drug-likeness (QED) is 0.0633. The SMILES string of the molecule is CCCCCCCCOc1ccc(Sc2cccc3c2C(=O)c2cccc(Sc4ccc(OC(=O)CC(C)C)cc4)c2C3=O)cc1. The number of ketones is 2. The Balaban J connectivity index is 1.27. The van der Waals surface area contributed by atoms with E-state index in [4.69, 9.17) is 9.47 Å². The van der Waals surface area contributed by atoms with E-state index in [1.165, 1.54) is 55.6 Å². The lowest BCUT2D eigenvalue weighted by Gasteiger charge is -2.22. The first-order valence-corrected chi connectivity index (χ1v) is 17.7. The normalized spacial score (nSPS) is 12.2. The highest BCUT2D eigenvalue weighted by molar-refractivity contribution is 7.99. The van der Waals surface area contributed by atoms with Gasteiger partial charge in [-0.25, -0.2) is 0 Å². The summed E-state index contributed by atoms with van der Waals surface area (Å²) in [6.07, 6.45) is 7.69. The third-order valence-electron chi connectivity index (χ3n) is 7.67. The molecule has 0 fully saturated rings. The van der Waals surface area contributed by atoms with E-state index in [1.54, 1.807) is 24.3 Å². The molecule has 46 heavy (non-hydrogen) atoms. The average molecular weight is 653 g/mol. The van der Waals surface area contributed by atoms with Crippen molar-refractivity contribution in [3.05, 3.63) is 107 Å². The first-order chi connectivity index (χ1) is 22.3. The number of ether oxygens (including phenoxy) is 2. The van der Waals surface area contributed by atoms with E-state index in [0.717, 1.165) is 26.9 Å². The Morgan fingerprint density at radius 2 is 1.15 bits per heavy atom. The molecule has 0 saturated heterocycles. The van der Waals surface area contributed by atoms with Crippen LogP contribution in [0, 0.1) is 5.92 Å². The Morgan fingerprint density at radius 3 is 1.67 bits per heavy atom. The Kier molecular flexibility index (Phi) is 11.8. The van der Waals surface area contributed by atoms with E-state index in [-0.39, 0.29) is 23.5 Å². The number of benzene rings is 4. The van der Waals surface area contributed by atoms with Crippen LogP contribution in [0.3, 0.4) is 0 Å². The highest BCUT2D eigenvalue weighted by Crippen LogP contribution is 2.41. The van der Waals surface area contributed by atoms with Crippen LogP contribution < -0.4 is 9.47 Å². The molecule has 0 spiro atoms. The second-order valence-corrected chi connectivity index (χ2v) is 14.1. The molecular weight excluding hydrogens is 613 g/mol. The minimum absolute atomic E-state index is 0.151. The highest BCUT2D eigenvalue weighted by Gasteiger charge is 2.33. The number of hydrogen-bond acceptors (Lipinski definition) is 7. The molecule has 0 atom stereocenters. The maximum atomic E-state index is 13.9. The molecule has 0 amide bonds. The number of carbonyl (C=O) groups excluding carboxylic acids is 3. The molecule has 1 aliphatic rings. The second kappa shape index (κ2) is 16.1. The molecule has 0 radical (unpaired) electrons. The predicted octanol–water partition coefficient (Wildman–Crippen LogP) is 10.5. The summed E-state index contributed by atoms with van der Waals surface area (Å²) in [6, 6.07) is 26.0. The van der Waals surface area contributed by atoms with Crippen LogP contribution in [0.15, 0.2) is 105 Å². The minimum atomic E-state index is -0.266. The summed E-state index contributed by atoms with van der Waals surface area (Å²) >= 11 is 2.89. The Hall–Kier alpha value is -3.81. The Labute approximate surface area is 280 Å². The number of fused-ring (bicyclic) bond motifs is 2. The first-order valence-electron chi connectivity index (χ1n) is 16.1. The number of rotatable bonds is 15. The molecule has 5 nitrogen and oxygen atoms in total. The fourth-order valence-corrected chi connectivity index (χ4v) is 7.32. The van der Waals surface area contributed by atoms with Gasteiger partial charge in [0.1, 0.15) is 11.5 Å². The number of unbranched alkanes of at least 4 members (excludes halogenated alkanes) is 5. The Bertz CT molecular complexity index is 1680. The van der Waals surface area contributed by atoms with E-state index >= 15 is 0 Å². The zero-order valence-electron chi connectivity index (χ0n) is 26.7. The van der Waals surface area contributed by atoms with E-state index in [2.05, 4.69) is 6.92 Å². The summed E-state index contributed by atoms with van der Waals surface area (Å²) in [7, 11) is 0. The van der Waals surface area contributed by atoms with Crippen LogP contribution in [0.4, 0.5) is 0 Å². The molecule has 0 bridgehead atoms. The van der Waals surface area contributed by atoms with Crippen LogP contribution in [0.25, 0.3) is 0 Å². The van der Waals surface area contributed by atoms with Crippen LogP contribution >= 0.6 is 23.5 Å². The zero-order valence-corrected chi connectivity index (χ0v) is 28.3. The lowest BCUT2D eigenvalue weighted by Crippen LogP contribution is -2.22. The third kappa shape index (κ3) is 8.51. The second-order valence-electron chi connectivity index (χ2n) is 11.9. The van der Waals surface area contributed by atoms with Crippen molar-refractivity contribution in [2.45, 2.75) is 85.3 Å². The molecule has 0 saturated carbocycles. The largest absolute Gasteiger partial charge is 0.494 e. The molecule has 4 aromatic rings. The molecule has 0 unspecified atom stereocenters. The molecule has 7 heteroatoms. The molecule has 5 rings (SSSR count). The highest BCUT2D eigenvalue weighted by atomic mass is 32.2. The standard InChI is InChI=1S/C39H40O5S2/c1-4-5-6-7-8-9-24-43-27-16-20-29(21-17-27)45-33-14-10-12-31-36(33)38(41)32-13-11-15-34(37(32)39(31)42)46-30-22-18-28(19-23-30)44-35(40)25-26(2)3/h10-23,26H,4-9,24-25H2,1-3H3.